The van der Waals surface area contributed by atoms with Gasteiger partial charge < -0.3 is 9.64 Å². The Hall–Kier alpha value is -3.68. The molecule has 2 aliphatic heterocycles. The minimum absolute atomic E-state index is 0.0792. The third kappa shape index (κ3) is 3.85. The lowest BCUT2D eigenvalue weighted by molar-refractivity contribution is -0.141. The predicted molar refractivity (Wildman–Crippen MR) is 127 cm³/mol. The molecule has 0 spiro atoms. The van der Waals surface area contributed by atoms with Crippen LogP contribution >= 0.6 is 0 Å². The topological polar surface area (TPSA) is 100 Å². The summed E-state index contributed by atoms with van der Waals surface area (Å²) in [6.07, 6.45) is 3.02. The van der Waals surface area contributed by atoms with Crippen LogP contribution in [0.15, 0.2) is 36.7 Å². The standard InChI is InChI=1S/C26H26FN7O2/c1-16-20(6-7-24(27)23(16)11-28)25-13-32-8-9-33(12-19(32)14-36-25)26(35)22-4-2-17-10-18(3-5-21(17)22)34-15-29-30-31-34/h3,5-7,10,15,19,22,25H,2,4,8-9,12-14H2,1H3/t19-,22-,25-/m0/s1. The van der Waals surface area contributed by atoms with Gasteiger partial charge in [0.1, 0.15) is 18.2 Å². The van der Waals surface area contributed by atoms with E-state index in [1.807, 2.05) is 23.1 Å². The summed E-state index contributed by atoms with van der Waals surface area (Å²) in [6, 6.07) is 11.2. The van der Waals surface area contributed by atoms with Crippen molar-refractivity contribution < 1.29 is 13.9 Å². The van der Waals surface area contributed by atoms with E-state index in [1.54, 1.807) is 24.0 Å². The lowest BCUT2D eigenvalue weighted by atomic mass is 9.95. The highest BCUT2D eigenvalue weighted by Gasteiger charge is 2.39. The summed E-state index contributed by atoms with van der Waals surface area (Å²) in [4.78, 5) is 17.9. The van der Waals surface area contributed by atoms with Gasteiger partial charge in [0.15, 0.2) is 0 Å². The number of fused-ring (bicyclic) bond motifs is 2. The molecule has 0 unspecified atom stereocenters. The normalized spacial score (nSPS) is 23.7. The van der Waals surface area contributed by atoms with Crippen LogP contribution in [0.5, 0.6) is 0 Å². The highest BCUT2D eigenvalue weighted by atomic mass is 19.1. The molecular formula is C26H26FN7O2. The number of carbonyl (C=O) groups is 1. The first kappa shape index (κ1) is 22.8. The fourth-order valence-electron chi connectivity index (χ4n) is 5.86. The molecule has 3 atom stereocenters. The smallest absolute Gasteiger partial charge is 0.230 e. The van der Waals surface area contributed by atoms with Crippen LogP contribution in [0.4, 0.5) is 4.39 Å². The van der Waals surface area contributed by atoms with Crippen LogP contribution in [0.25, 0.3) is 5.69 Å². The van der Waals surface area contributed by atoms with E-state index in [-0.39, 0.29) is 29.5 Å². The van der Waals surface area contributed by atoms with Gasteiger partial charge in [-0.2, -0.15) is 5.26 Å². The number of nitriles is 1. The first-order chi connectivity index (χ1) is 17.5. The molecule has 6 rings (SSSR count). The number of tetrazole rings is 1. The Balaban J connectivity index is 1.12. The molecule has 2 saturated heterocycles. The summed E-state index contributed by atoms with van der Waals surface area (Å²) in [7, 11) is 0. The molecule has 2 fully saturated rings. The molecule has 1 aromatic heterocycles. The number of carbonyl (C=O) groups excluding carboxylic acids is 1. The van der Waals surface area contributed by atoms with Gasteiger partial charge in [0.2, 0.25) is 5.91 Å². The molecule has 0 N–H and O–H groups in total. The second-order valence-corrected chi connectivity index (χ2v) is 9.73. The van der Waals surface area contributed by atoms with Crippen molar-refractivity contribution in [1.29, 1.82) is 5.26 Å². The number of morpholine rings is 1. The average Bonchev–Trinajstić information content (AvgIpc) is 3.58. The molecular weight excluding hydrogens is 461 g/mol. The van der Waals surface area contributed by atoms with E-state index >= 15 is 0 Å². The van der Waals surface area contributed by atoms with Gasteiger partial charge in [0.25, 0.3) is 0 Å². The third-order valence-corrected chi connectivity index (χ3v) is 7.84. The van der Waals surface area contributed by atoms with E-state index in [0.29, 0.717) is 31.8 Å². The fourth-order valence-corrected chi connectivity index (χ4v) is 5.86. The van der Waals surface area contributed by atoms with Gasteiger partial charge >= 0.3 is 0 Å². The summed E-state index contributed by atoms with van der Waals surface area (Å²) < 4.78 is 21.8. The van der Waals surface area contributed by atoms with Crippen LogP contribution in [0, 0.1) is 24.1 Å². The maximum atomic E-state index is 14.0. The molecule has 0 radical (unpaired) electrons. The Morgan fingerprint density at radius 1 is 1.19 bits per heavy atom. The molecule has 3 aliphatic rings. The number of benzene rings is 2. The van der Waals surface area contributed by atoms with E-state index in [4.69, 9.17) is 4.74 Å². The number of rotatable bonds is 3. The Morgan fingerprint density at radius 2 is 2.06 bits per heavy atom. The highest BCUT2D eigenvalue weighted by Crippen LogP contribution is 2.37. The lowest BCUT2D eigenvalue weighted by Crippen LogP contribution is -2.60. The first-order valence-electron chi connectivity index (χ1n) is 12.2. The monoisotopic (exact) mass is 487 g/mol. The largest absolute Gasteiger partial charge is 0.370 e. The van der Waals surface area contributed by atoms with E-state index in [9.17, 15) is 14.4 Å². The van der Waals surface area contributed by atoms with Gasteiger partial charge in [-0.15, -0.1) is 5.10 Å². The van der Waals surface area contributed by atoms with Crippen molar-refractivity contribution in [2.75, 3.05) is 32.8 Å². The Labute approximate surface area is 208 Å². The zero-order chi connectivity index (χ0) is 24.8. The van der Waals surface area contributed by atoms with Crippen LogP contribution < -0.4 is 0 Å². The fraction of sp³-hybridized carbons (Fsp3) is 0.423. The number of amides is 1. The van der Waals surface area contributed by atoms with Gasteiger partial charge in [-0.05, 0) is 70.6 Å². The van der Waals surface area contributed by atoms with Crippen LogP contribution in [-0.2, 0) is 16.0 Å². The van der Waals surface area contributed by atoms with Gasteiger partial charge in [-0.25, -0.2) is 9.07 Å². The molecule has 184 valence electrons. The van der Waals surface area contributed by atoms with Crippen LogP contribution in [0.3, 0.4) is 0 Å². The third-order valence-electron chi connectivity index (χ3n) is 7.84. The zero-order valence-electron chi connectivity index (χ0n) is 20.0. The van der Waals surface area contributed by atoms with Gasteiger partial charge in [-0.1, -0.05) is 12.1 Å². The number of ether oxygens (including phenoxy) is 1. The zero-order valence-corrected chi connectivity index (χ0v) is 20.0. The number of aryl methyl sites for hydroxylation is 1. The summed E-state index contributed by atoms with van der Waals surface area (Å²) in [5.74, 6) is -0.448. The molecule has 3 heterocycles. The molecule has 2 aromatic carbocycles. The summed E-state index contributed by atoms with van der Waals surface area (Å²) in [6.45, 7) is 4.99. The number of hydrogen-bond donors (Lipinski definition) is 0. The predicted octanol–water partition coefficient (Wildman–Crippen LogP) is 2.30. The van der Waals surface area contributed by atoms with Gasteiger partial charge in [-0.3, -0.25) is 9.69 Å². The van der Waals surface area contributed by atoms with Crippen molar-refractivity contribution in [3.63, 3.8) is 0 Å². The molecule has 36 heavy (non-hydrogen) atoms. The van der Waals surface area contributed by atoms with Crippen molar-refractivity contribution in [1.82, 2.24) is 30.0 Å². The number of aromatic nitrogens is 4. The minimum atomic E-state index is -0.500. The molecule has 1 amide bonds. The van der Waals surface area contributed by atoms with Crippen molar-refractivity contribution in [2.45, 2.75) is 37.8 Å². The van der Waals surface area contributed by atoms with Crippen molar-refractivity contribution in [2.24, 2.45) is 0 Å². The first-order valence-corrected chi connectivity index (χ1v) is 12.2. The molecule has 3 aromatic rings. The van der Waals surface area contributed by atoms with Crippen molar-refractivity contribution >= 4 is 5.91 Å². The van der Waals surface area contributed by atoms with Gasteiger partial charge in [0, 0.05) is 26.2 Å². The number of nitrogens with zero attached hydrogens (tertiary/aromatic N) is 7. The quantitative estimate of drug-likeness (QED) is 0.559. The van der Waals surface area contributed by atoms with Crippen LogP contribution in [0.2, 0.25) is 0 Å². The maximum Gasteiger partial charge on any atom is 0.230 e. The van der Waals surface area contributed by atoms with E-state index in [0.717, 1.165) is 36.2 Å². The Morgan fingerprint density at radius 3 is 2.86 bits per heavy atom. The number of halogens is 1. The van der Waals surface area contributed by atoms with Crippen molar-refractivity contribution in [3.05, 3.63) is 70.3 Å². The Bertz CT molecular complexity index is 1350. The van der Waals surface area contributed by atoms with E-state index in [2.05, 4.69) is 26.5 Å². The van der Waals surface area contributed by atoms with E-state index in [1.165, 1.54) is 11.6 Å². The maximum absolute atomic E-state index is 14.0. The minimum Gasteiger partial charge on any atom is -0.370 e. The van der Waals surface area contributed by atoms with Crippen LogP contribution in [-0.4, -0.2) is 74.7 Å². The average molecular weight is 488 g/mol. The summed E-state index contributed by atoms with van der Waals surface area (Å²) >= 11 is 0. The molecule has 0 saturated carbocycles. The SMILES string of the molecule is Cc1c([C@@H]2CN3CCN(C(=O)[C@H]4CCc5cc(-n6cnnn6)ccc54)C[C@H]3CO2)ccc(F)c1C#N. The van der Waals surface area contributed by atoms with Crippen molar-refractivity contribution in [3.8, 4) is 11.8 Å². The number of hydrogen-bond acceptors (Lipinski definition) is 7. The second kappa shape index (κ2) is 9.08. The molecule has 9 nitrogen and oxygen atoms in total. The molecule has 10 heteroatoms. The van der Waals surface area contributed by atoms with E-state index < -0.39 is 5.82 Å². The second-order valence-electron chi connectivity index (χ2n) is 9.73. The molecule has 1 aliphatic carbocycles. The van der Waals surface area contributed by atoms with Crippen LogP contribution in [0.1, 0.15) is 46.3 Å². The van der Waals surface area contributed by atoms with Gasteiger partial charge in [0.05, 0.1) is 35.9 Å². The lowest BCUT2D eigenvalue weighted by Gasteiger charge is -2.46. The number of piperazine rings is 1. The highest BCUT2D eigenvalue weighted by molar-refractivity contribution is 5.85. The summed E-state index contributed by atoms with van der Waals surface area (Å²) in [5, 5.41) is 20.7. The summed E-state index contributed by atoms with van der Waals surface area (Å²) in [5.41, 5.74) is 4.74. The molecule has 0 bridgehead atoms. The Kier molecular flexibility index (Phi) is 5.74.